The van der Waals surface area contributed by atoms with Gasteiger partial charge in [-0.3, -0.25) is 9.59 Å². The van der Waals surface area contributed by atoms with Gasteiger partial charge in [-0.05, 0) is 48.9 Å². The number of nitrogens with two attached hydrogens (primary N) is 1. The monoisotopic (exact) mass is 425 g/mol. The van der Waals surface area contributed by atoms with Crippen LogP contribution in [0.5, 0.6) is 0 Å². The van der Waals surface area contributed by atoms with Crippen LogP contribution in [-0.2, 0) is 22.4 Å². The van der Waals surface area contributed by atoms with Crippen LogP contribution in [0.15, 0.2) is 36.8 Å². The number of hydrogen-bond acceptors (Lipinski definition) is 6. The molecule has 2 aromatic heterocycles. The second kappa shape index (κ2) is 9.70. The molecule has 0 aliphatic rings. The molecule has 162 valence electrons. The van der Waals surface area contributed by atoms with E-state index in [1.165, 1.54) is 6.33 Å². The summed E-state index contributed by atoms with van der Waals surface area (Å²) in [4.78, 5) is 45.4. The number of H-pyrrole nitrogens is 1. The fourth-order valence-corrected chi connectivity index (χ4v) is 3.32. The third kappa shape index (κ3) is 5.56. The Morgan fingerprint density at radius 1 is 1.10 bits per heavy atom. The Hall–Kier alpha value is -3.95. The number of benzene rings is 1. The van der Waals surface area contributed by atoms with Gasteiger partial charge in [0.05, 0.1) is 5.39 Å². The lowest BCUT2D eigenvalue weighted by Gasteiger charge is -2.13. The topological polar surface area (TPSA) is 171 Å². The molecule has 1 atom stereocenters. The van der Waals surface area contributed by atoms with Crippen molar-refractivity contribution in [2.75, 3.05) is 5.73 Å². The van der Waals surface area contributed by atoms with Gasteiger partial charge < -0.3 is 26.2 Å². The number of nitrogens with one attached hydrogen (secondary N) is 2. The van der Waals surface area contributed by atoms with Crippen LogP contribution in [0.1, 0.15) is 40.7 Å². The molecule has 3 rings (SSSR count). The largest absolute Gasteiger partial charge is 0.481 e. The number of carboxylic acid groups (broad SMARTS) is 2. The van der Waals surface area contributed by atoms with E-state index in [1.807, 2.05) is 18.3 Å². The van der Waals surface area contributed by atoms with E-state index < -0.39 is 23.9 Å². The third-order valence-corrected chi connectivity index (χ3v) is 4.96. The number of aliphatic carboxylic acids is 2. The highest BCUT2D eigenvalue weighted by atomic mass is 16.4. The molecule has 2 heterocycles. The maximum atomic E-state index is 12.3. The predicted molar refractivity (Wildman–Crippen MR) is 113 cm³/mol. The van der Waals surface area contributed by atoms with E-state index in [0.717, 1.165) is 35.8 Å². The van der Waals surface area contributed by atoms with Crippen molar-refractivity contribution in [1.82, 2.24) is 20.3 Å². The van der Waals surface area contributed by atoms with E-state index in [-0.39, 0.29) is 12.8 Å². The fraction of sp³-hybridized carbons (Fsp3) is 0.286. The van der Waals surface area contributed by atoms with Crippen LogP contribution >= 0.6 is 0 Å². The van der Waals surface area contributed by atoms with Crippen LogP contribution in [0, 0.1) is 0 Å². The number of carboxylic acids is 2. The number of nitrogens with zero attached hydrogens (tertiary/aromatic N) is 2. The number of aromatic nitrogens is 3. The lowest BCUT2D eigenvalue weighted by Crippen LogP contribution is -2.41. The molecule has 0 saturated carbocycles. The van der Waals surface area contributed by atoms with Crippen molar-refractivity contribution in [2.45, 2.75) is 38.1 Å². The Morgan fingerprint density at radius 3 is 2.52 bits per heavy atom. The third-order valence-electron chi connectivity index (χ3n) is 4.96. The second-order valence-electron chi connectivity index (χ2n) is 7.14. The summed E-state index contributed by atoms with van der Waals surface area (Å²) in [7, 11) is 0. The summed E-state index contributed by atoms with van der Waals surface area (Å²) in [5.74, 6) is -2.50. The molecular weight excluding hydrogens is 402 g/mol. The van der Waals surface area contributed by atoms with E-state index >= 15 is 0 Å². The van der Waals surface area contributed by atoms with Crippen molar-refractivity contribution in [2.24, 2.45) is 0 Å². The summed E-state index contributed by atoms with van der Waals surface area (Å²) >= 11 is 0. The smallest absolute Gasteiger partial charge is 0.326 e. The first-order chi connectivity index (χ1) is 14.8. The fourth-order valence-electron chi connectivity index (χ4n) is 3.32. The first kappa shape index (κ1) is 21.8. The van der Waals surface area contributed by atoms with Crippen molar-refractivity contribution in [3.05, 3.63) is 53.5 Å². The molecule has 1 aromatic carbocycles. The van der Waals surface area contributed by atoms with Gasteiger partial charge in [0.15, 0.2) is 0 Å². The standard InChI is InChI=1S/C21H23N5O5/c22-18-17-14(10-23-19(17)25-11-24-18)3-1-2-12-4-6-13(7-5-12)20(29)26-15(21(30)31)8-9-16(27)28/h4-7,10-11,15H,1-3,8-9H2,(H,26,29)(H,27,28)(H,30,31)(H3,22,23,24,25)/t15-/m0/s1. The van der Waals surface area contributed by atoms with Gasteiger partial charge in [-0.15, -0.1) is 0 Å². The van der Waals surface area contributed by atoms with Crippen LogP contribution in [0.2, 0.25) is 0 Å². The summed E-state index contributed by atoms with van der Waals surface area (Å²) in [5, 5.41) is 21.1. The summed E-state index contributed by atoms with van der Waals surface area (Å²) in [6.07, 6.45) is 5.18. The highest BCUT2D eigenvalue weighted by molar-refractivity contribution is 5.96. The van der Waals surface area contributed by atoms with Gasteiger partial charge in [-0.1, -0.05) is 12.1 Å². The summed E-state index contributed by atoms with van der Waals surface area (Å²) < 4.78 is 0. The zero-order chi connectivity index (χ0) is 22.4. The average Bonchev–Trinajstić information content (AvgIpc) is 3.15. The highest BCUT2D eigenvalue weighted by Gasteiger charge is 2.21. The van der Waals surface area contributed by atoms with E-state index in [2.05, 4.69) is 20.3 Å². The minimum atomic E-state index is -1.27. The number of fused-ring (bicyclic) bond motifs is 1. The molecule has 10 heteroatoms. The van der Waals surface area contributed by atoms with E-state index in [0.29, 0.717) is 17.0 Å². The summed E-state index contributed by atoms with van der Waals surface area (Å²) in [6.45, 7) is 0. The number of anilines is 1. The summed E-state index contributed by atoms with van der Waals surface area (Å²) in [5.41, 5.74) is 9.04. The second-order valence-corrected chi connectivity index (χ2v) is 7.14. The van der Waals surface area contributed by atoms with E-state index in [9.17, 15) is 14.4 Å². The van der Waals surface area contributed by atoms with Gasteiger partial charge in [0.1, 0.15) is 23.8 Å². The van der Waals surface area contributed by atoms with Crippen molar-refractivity contribution in [1.29, 1.82) is 0 Å². The molecule has 0 radical (unpaired) electrons. The molecular formula is C21H23N5O5. The lowest BCUT2D eigenvalue weighted by molar-refractivity contribution is -0.140. The first-order valence-electron chi connectivity index (χ1n) is 9.76. The normalized spacial score (nSPS) is 11.9. The Kier molecular flexibility index (Phi) is 6.81. The Morgan fingerprint density at radius 2 is 1.84 bits per heavy atom. The summed E-state index contributed by atoms with van der Waals surface area (Å²) in [6, 6.07) is 5.62. The molecule has 0 bridgehead atoms. The lowest BCUT2D eigenvalue weighted by atomic mass is 10.0. The minimum absolute atomic E-state index is 0.183. The molecule has 0 unspecified atom stereocenters. The molecule has 31 heavy (non-hydrogen) atoms. The molecule has 0 spiro atoms. The predicted octanol–water partition coefficient (Wildman–Crippen LogP) is 1.76. The van der Waals surface area contributed by atoms with Crippen LogP contribution in [0.4, 0.5) is 5.82 Å². The molecule has 3 aromatic rings. The zero-order valence-electron chi connectivity index (χ0n) is 16.7. The van der Waals surface area contributed by atoms with Crippen LogP contribution in [0.25, 0.3) is 11.0 Å². The maximum absolute atomic E-state index is 12.3. The van der Waals surface area contributed by atoms with Gasteiger partial charge in [0, 0.05) is 18.2 Å². The highest BCUT2D eigenvalue weighted by Crippen LogP contribution is 2.22. The number of hydrogen-bond donors (Lipinski definition) is 5. The molecule has 1 amide bonds. The Balaban J connectivity index is 1.55. The first-order valence-corrected chi connectivity index (χ1v) is 9.76. The maximum Gasteiger partial charge on any atom is 0.326 e. The van der Waals surface area contributed by atoms with Gasteiger partial charge in [-0.2, -0.15) is 0 Å². The molecule has 0 aliphatic carbocycles. The Bertz CT molecular complexity index is 1090. The van der Waals surface area contributed by atoms with Crippen molar-refractivity contribution in [3.63, 3.8) is 0 Å². The molecule has 0 aliphatic heterocycles. The molecule has 0 saturated heterocycles. The number of rotatable bonds is 10. The van der Waals surface area contributed by atoms with Crippen molar-refractivity contribution >= 4 is 34.7 Å². The van der Waals surface area contributed by atoms with Gasteiger partial charge in [-0.25, -0.2) is 14.8 Å². The zero-order valence-corrected chi connectivity index (χ0v) is 16.7. The van der Waals surface area contributed by atoms with Crippen LogP contribution in [0.3, 0.4) is 0 Å². The molecule has 0 fully saturated rings. The molecule has 10 nitrogen and oxygen atoms in total. The quantitative estimate of drug-likeness (QED) is 0.327. The van der Waals surface area contributed by atoms with Crippen LogP contribution < -0.4 is 11.1 Å². The number of carbonyl (C=O) groups is 3. The Labute approximate surface area is 177 Å². The minimum Gasteiger partial charge on any atom is -0.481 e. The average molecular weight is 425 g/mol. The SMILES string of the molecule is Nc1ncnc2[nH]cc(CCCc3ccc(C(=O)N[C@@H](CCC(=O)O)C(=O)O)cc3)c12. The van der Waals surface area contributed by atoms with Gasteiger partial charge in [0.25, 0.3) is 5.91 Å². The number of aryl methyl sites for hydroxylation is 2. The van der Waals surface area contributed by atoms with E-state index in [4.69, 9.17) is 15.9 Å². The van der Waals surface area contributed by atoms with E-state index in [1.54, 1.807) is 12.1 Å². The number of nitrogen functional groups attached to an aromatic ring is 1. The number of aromatic amines is 1. The van der Waals surface area contributed by atoms with Crippen molar-refractivity contribution in [3.8, 4) is 0 Å². The van der Waals surface area contributed by atoms with Crippen molar-refractivity contribution < 1.29 is 24.6 Å². The number of amides is 1. The van der Waals surface area contributed by atoms with Gasteiger partial charge in [0.2, 0.25) is 0 Å². The number of carbonyl (C=O) groups excluding carboxylic acids is 1. The van der Waals surface area contributed by atoms with Crippen LogP contribution in [-0.4, -0.2) is 49.1 Å². The molecule has 6 N–H and O–H groups in total. The van der Waals surface area contributed by atoms with Gasteiger partial charge >= 0.3 is 11.9 Å².